The largest absolute Gasteiger partial charge is 0.309 e. The minimum absolute atomic E-state index is 0.0155. The Morgan fingerprint density at radius 3 is 2.62 bits per heavy atom. The van der Waals surface area contributed by atoms with Gasteiger partial charge in [0.2, 0.25) is 0 Å². The van der Waals surface area contributed by atoms with Gasteiger partial charge in [-0.05, 0) is 25.5 Å². The van der Waals surface area contributed by atoms with E-state index < -0.39 is 9.84 Å². The molecule has 0 spiro atoms. The molecule has 1 aromatic heterocycles. The number of hydrogen-bond acceptors (Lipinski definition) is 6. The Hall–Kier alpha value is -1.77. The molecule has 2 aliphatic heterocycles. The van der Waals surface area contributed by atoms with Crippen molar-refractivity contribution in [3.63, 3.8) is 0 Å². The Morgan fingerprint density at radius 2 is 1.92 bits per heavy atom. The Kier molecular flexibility index (Phi) is 4.58. The Morgan fingerprint density at radius 1 is 1.19 bits per heavy atom. The topological polar surface area (TPSA) is 86.4 Å². The zero-order valence-electron chi connectivity index (χ0n) is 14.9. The molecule has 0 saturated carbocycles. The van der Waals surface area contributed by atoms with Crippen LogP contribution in [0.15, 0.2) is 29.1 Å². The van der Waals surface area contributed by atoms with Crippen LogP contribution in [0.3, 0.4) is 0 Å². The summed E-state index contributed by atoms with van der Waals surface area (Å²) in [6.45, 7) is 5.44. The normalized spacial score (nSPS) is 25.5. The van der Waals surface area contributed by atoms with Gasteiger partial charge in [-0.2, -0.15) is 0 Å². The van der Waals surface area contributed by atoms with Crippen molar-refractivity contribution in [3.05, 3.63) is 40.4 Å². The van der Waals surface area contributed by atoms with E-state index in [1.807, 2.05) is 18.2 Å². The highest BCUT2D eigenvalue weighted by molar-refractivity contribution is 7.91. The predicted octanol–water partition coefficient (Wildman–Crippen LogP) is 0.789. The van der Waals surface area contributed by atoms with E-state index >= 15 is 0 Å². The predicted molar refractivity (Wildman–Crippen MR) is 101 cm³/mol. The van der Waals surface area contributed by atoms with Crippen molar-refractivity contribution in [2.24, 2.45) is 0 Å². The monoisotopic (exact) mass is 376 g/mol. The van der Waals surface area contributed by atoms with Crippen LogP contribution in [0.5, 0.6) is 0 Å². The zero-order valence-corrected chi connectivity index (χ0v) is 15.7. The third-order valence-corrected chi connectivity index (χ3v) is 7.40. The average molecular weight is 376 g/mol. The van der Waals surface area contributed by atoms with E-state index in [0.717, 1.165) is 32.6 Å². The molecule has 140 valence electrons. The molecule has 2 aliphatic rings. The minimum atomic E-state index is -2.85. The number of sulfone groups is 1. The summed E-state index contributed by atoms with van der Waals surface area (Å²) < 4.78 is 23.4. The Balaban J connectivity index is 1.45. The van der Waals surface area contributed by atoms with Crippen LogP contribution < -0.4 is 5.56 Å². The first kappa shape index (κ1) is 17.6. The van der Waals surface area contributed by atoms with Gasteiger partial charge in [0.15, 0.2) is 9.84 Å². The number of H-pyrrole nitrogens is 1. The van der Waals surface area contributed by atoms with E-state index in [2.05, 4.69) is 26.7 Å². The highest BCUT2D eigenvalue weighted by Gasteiger charge is 2.34. The van der Waals surface area contributed by atoms with Crippen LogP contribution in [0.4, 0.5) is 0 Å². The van der Waals surface area contributed by atoms with E-state index in [0.29, 0.717) is 28.2 Å². The number of hydrogen-bond donors (Lipinski definition) is 1. The number of fused-ring (bicyclic) bond motifs is 1. The van der Waals surface area contributed by atoms with Crippen LogP contribution in [0.2, 0.25) is 0 Å². The lowest BCUT2D eigenvalue weighted by atomic mass is 10.1. The Labute approximate surface area is 152 Å². The fourth-order valence-electron chi connectivity index (χ4n) is 4.03. The minimum Gasteiger partial charge on any atom is -0.309 e. The molecule has 3 heterocycles. The van der Waals surface area contributed by atoms with Gasteiger partial charge in [-0.15, -0.1) is 0 Å². The van der Waals surface area contributed by atoms with Gasteiger partial charge in [-0.1, -0.05) is 12.1 Å². The number of rotatable bonds is 3. The first-order chi connectivity index (χ1) is 12.4. The summed E-state index contributed by atoms with van der Waals surface area (Å²) >= 11 is 0. The van der Waals surface area contributed by atoms with Crippen molar-refractivity contribution in [1.82, 2.24) is 19.8 Å². The molecular weight excluding hydrogens is 352 g/mol. The number of benzene rings is 1. The molecule has 0 amide bonds. The fourth-order valence-corrected chi connectivity index (χ4v) is 5.79. The number of nitrogens with one attached hydrogen (secondary N) is 1. The zero-order chi connectivity index (χ0) is 18.3. The lowest BCUT2D eigenvalue weighted by Gasteiger charge is -2.39. The maximum Gasteiger partial charge on any atom is 0.258 e. The first-order valence-corrected chi connectivity index (χ1v) is 10.9. The van der Waals surface area contributed by atoms with Crippen LogP contribution in [0.1, 0.15) is 25.2 Å². The maximum atomic E-state index is 12.3. The van der Waals surface area contributed by atoms with Gasteiger partial charge < -0.3 is 4.98 Å². The van der Waals surface area contributed by atoms with Gasteiger partial charge in [0.05, 0.1) is 28.5 Å². The van der Waals surface area contributed by atoms with Gasteiger partial charge in [0.1, 0.15) is 5.82 Å². The van der Waals surface area contributed by atoms with Crippen molar-refractivity contribution in [3.8, 4) is 0 Å². The number of nitrogens with zero attached hydrogens (tertiary/aromatic N) is 3. The second-order valence-electron chi connectivity index (χ2n) is 7.27. The molecule has 2 fully saturated rings. The lowest BCUT2D eigenvalue weighted by Crippen LogP contribution is -2.51. The van der Waals surface area contributed by atoms with E-state index in [1.165, 1.54) is 0 Å². The van der Waals surface area contributed by atoms with Crippen molar-refractivity contribution in [1.29, 1.82) is 0 Å². The summed E-state index contributed by atoms with van der Waals surface area (Å²) in [6, 6.07) is 7.55. The van der Waals surface area contributed by atoms with Crippen LogP contribution >= 0.6 is 0 Å². The molecule has 4 rings (SSSR count). The standard InChI is InChI=1S/C18H24N4O3S/c1-13(17-19-16-5-3-2-4-15(16)18(23)20-17)21-7-9-22(10-8-21)14-6-11-26(24,25)12-14/h2-5,13-14H,6-12H2,1H3,(H,19,20,23)/t13-,14+/m0/s1. The van der Waals surface area contributed by atoms with Gasteiger partial charge in [-0.25, -0.2) is 13.4 Å². The van der Waals surface area contributed by atoms with Gasteiger partial charge >= 0.3 is 0 Å². The van der Waals surface area contributed by atoms with E-state index in [-0.39, 0.29) is 17.6 Å². The molecule has 1 aromatic carbocycles. The van der Waals surface area contributed by atoms with E-state index in [4.69, 9.17) is 0 Å². The molecule has 0 radical (unpaired) electrons. The highest BCUT2D eigenvalue weighted by atomic mass is 32.2. The second-order valence-corrected chi connectivity index (χ2v) is 9.50. The van der Waals surface area contributed by atoms with Crippen LogP contribution in [-0.2, 0) is 9.84 Å². The summed E-state index contributed by atoms with van der Waals surface area (Å²) in [4.78, 5) is 24.4. The van der Waals surface area contributed by atoms with E-state index in [9.17, 15) is 13.2 Å². The number of piperazine rings is 1. The van der Waals surface area contributed by atoms with Gasteiger partial charge in [0, 0.05) is 32.2 Å². The number of para-hydroxylation sites is 1. The lowest BCUT2D eigenvalue weighted by molar-refractivity contribution is 0.0778. The molecule has 1 N–H and O–H groups in total. The molecule has 0 unspecified atom stereocenters. The van der Waals surface area contributed by atoms with Gasteiger partial charge in [0.25, 0.3) is 5.56 Å². The van der Waals surface area contributed by atoms with E-state index in [1.54, 1.807) is 6.07 Å². The summed E-state index contributed by atoms with van der Waals surface area (Å²) in [5.74, 6) is 1.30. The van der Waals surface area contributed by atoms with Crippen LogP contribution in [-0.4, -0.2) is 71.9 Å². The highest BCUT2D eigenvalue weighted by Crippen LogP contribution is 2.23. The average Bonchev–Trinajstić information content (AvgIpc) is 3.01. The molecular formula is C18H24N4O3S. The van der Waals surface area contributed by atoms with Gasteiger partial charge in [-0.3, -0.25) is 14.6 Å². The smallest absolute Gasteiger partial charge is 0.258 e. The molecule has 8 heteroatoms. The fraction of sp³-hybridized carbons (Fsp3) is 0.556. The first-order valence-electron chi connectivity index (χ1n) is 9.10. The van der Waals surface area contributed by atoms with Crippen LogP contribution in [0, 0.1) is 0 Å². The number of aromatic nitrogens is 2. The third kappa shape index (κ3) is 3.41. The molecule has 2 saturated heterocycles. The summed E-state index contributed by atoms with van der Waals surface area (Å²) in [5, 5.41) is 0.607. The molecule has 26 heavy (non-hydrogen) atoms. The molecule has 2 aromatic rings. The summed E-state index contributed by atoms with van der Waals surface area (Å²) in [7, 11) is -2.85. The number of aromatic amines is 1. The van der Waals surface area contributed by atoms with Crippen molar-refractivity contribution >= 4 is 20.7 Å². The third-order valence-electron chi connectivity index (χ3n) is 5.65. The SMILES string of the molecule is C[C@@H](c1nc2ccccc2c(=O)[nH]1)N1CCN([C@@H]2CCS(=O)(=O)C2)CC1. The quantitative estimate of drug-likeness (QED) is 0.852. The summed E-state index contributed by atoms with van der Waals surface area (Å²) in [6.07, 6.45) is 0.747. The molecule has 0 bridgehead atoms. The maximum absolute atomic E-state index is 12.3. The van der Waals surface area contributed by atoms with Crippen LogP contribution in [0.25, 0.3) is 10.9 Å². The van der Waals surface area contributed by atoms with Crippen molar-refractivity contribution < 1.29 is 8.42 Å². The summed E-state index contributed by atoms with van der Waals surface area (Å²) in [5.41, 5.74) is 0.611. The Bertz CT molecular complexity index is 964. The molecule has 7 nitrogen and oxygen atoms in total. The molecule has 0 aliphatic carbocycles. The molecule has 2 atom stereocenters. The van der Waals surface area contributed by atoms with Crippen molar-refractivity contribution in [2.45, 2.75) is 25.4 Å². The van der Waals surface area contributed by atoms with Crippen molar-refractivity contribution in [2.75, 3.05) is 37.7 Å². The second kappa shape index (κ2) is 6.75.